The van der Waals surface area contributed by atoms with Gasteiger partial charge in [-0.15, -0.1) is 0 Å². The lowest BCUT2D eigenvalue weighted by molar-refractivity contribution is -0.133. The number of hydrogen-bond donors (Lipinski definition) is 0. The zero-order valence-corrected chi connectivity index (χ0v) is 13.8. The van der Waals surface area contributed by atoms with Crippen molar-refractivity contribution in [2.45, 2.75) is 31.7 Å². The number of rotatable bonds is 4. The number of nitrogens with zero attached hydrogens (tertiary/aromatic N) is 1. The third-order valence-electron chi connectivity index (χ3n) is 4.08. The number of amides is 1. The zero-order valence-electron chi connectivity index (χ0n) is 12.3. The predicted molar refractivity (Wildman–Crippen MR) is 84.3 cm³/mol. The van der Waals surface area contributed by atoms with Crippen molar-refractivity contribution in [3.05, 3.63) is 34.9 Å². The molecule has 2 atom stereocenters. The van der Waals surface area contributed by atoms with E-state index in [1.165, 1.54) is 0 Å². The lowest BCUT2D eigenvalue weighted by Gasteiger charge is -2.28. The van der Waals surface area contributed by atoms with E-state index in [1.54, 1.807) is 24.1 Å². The molecule has 1 fully saturated rings. The highest BCUT2D eigenvalue weighted by molar-refractivity contribution is 7.91. The van der Waals surface area contributed by atoms with Crippen LogP contribution in [0.2, 0.25) is 5.02 Å². The van der Waals surface area contributed by atoms with E-state index >= 15 is 0 Å². The number of sulfone groups is 1. The number of benzene rings is 1. The van der Waals surface area contributed by atoms with Crippen molar-refractivity contribution in [1.29, 1.82) is 0 Å². The maximum atomic E-state index is 12.7. The van der Waals surface area contributed by atoms with Gasteiger partial charge < -0.3 is 4.90 Å². The Morgan fingerprint density at radius 3 is 2.48 bits per heavy atom. The number of likely N-dealkylation sites (N-methyl/N-ethyl adjacent to an activating group) is 1. The van der Waals surface area contributed by atoms with Crippen LogP contribution in [0.3, 0.4) is 0 Å². The lowest BCUT2D eigenvalue weighted by Crippen LogP contribution is -2.40. The highest BCUT2D eigenvalue weighted by Crippen LogP contribution is 2.26. The van der Waals surface area contributed by atoms with Crippen molar-refractivity contribution in [3.63, 3.8) is 0 Å². The van der Waals surface area contributed by atoms with Gasteiger partial charge >= 0.3 is 0 Å². The summed E-state index contributed by atoms with van der Waals surface area (Å²) < 4.78 is 23.1. The molecule has 116 valence electrons. The molecule has 0 N–H and O–H groups in total. The Bertz CT molecular complexity index is 612. The summed E-state index contributed by atoms with van der Waals surface area (Å²) in [7, 11) is -1.29. The van der Waals surface area contributed by atoms with Gasteiger partial charge in [0.15, 0.2) is 9.84 Å². The SMILES string of the molecule is CCC(C(=O)N(C)C1CCS(=O)(=O)C1)c1ccc(Cl)cc1. The number of carbonyl (C=O) groups is 1. The summed E-state index contributed by atoms with van der Waals surface area (Å²) in [6.07, 6.45) is 1.20. The fourth-order valence-electron chi connectivity index (χ4n) is 2.75. The summed E-state index contributed by atoms with van der Waals surface area (Å²) in [6.45, 7) is 1.95. The molecule has 0 aliphatic carbocycles. The predicted octanol–water partition coefficient (Wildman–Crippen LogP) is 2.48. The van der Waals surface area contributed by atoms with Gasteiger partial charge in [0.05, 0.1) is 17.4 Å². The zero-order chi connectivity index (χ0) is 15.6. The molecular weight excluding hydrogens is 310 g/mol. The molecule has 1 aromatic carbocycles. The minimum Gasteiger partial charge on any atom is -0.341 e. The molecule has 0 radical (unpaired) electrons. The van der Waals surface area contributed by atoms with Crippen molar-refractivity contribution < 1.29 is 13.2 Å². The summed E-state index contributed by atoms with van der Waals surface area (Å²) in [5.74, 6) is -0.0308. The number of hydrogen-bond acceptors (Lipinski definition) is 3. The summed E-state index contributed by atoms with van der Waals surface area (Å²) in [5, 5.41) is 0.635. The Morgan fingerprint density at radius 2 is 2.00 bits per heavy atom. The lowest BCUT2D eigenvalue weighted by atomic mass is 9.94. The summed E-state index contributed by atoms with van der Waals surface area (Å²) in [4.78, 5) is 14.3. The molecule has 6 heteroatoms. The third kappa shape index (κ3) is 3.77. The van der Waals surface area contributed by atoms with Crippen molar-refractivity contribution in [2.75, 3.05) is 18.6 Å². The van der Waals surface area contributed by atoms with Crippen LogP contribution in [0.4, 0.5) is 0 Å². The van der Waals surface area contributed by atoms with E-state index in [2.05, 4.69) is 0 Å². The van der Waals surface area contributed by atoms with Crippen LogP contribution in [0, 0.1) is 0 Å². The van der Waals surface area contributed by atoms with Crippen molar-refractivity contribution in [1.82, 2.24) is 4.90 Å². The highest BCUT2D eigenvalue weighted by Gasteiger charge is 2.34. The molecule has 1 aliphatic rings. The van der Waals surface area contributed by atoms with Crippen molar-refractivity contribution in [3.8, 4) is 0 Å². The topological polar surface area (TPSA) is 54.5 Å². The first-order valence-corrected chi connectivity index (χ1v) is 9.26. The summed E-state index contributed by atoms with van der Waals surface area (Å²) >= 11 is 5.87. The second-order valence-electron chi connectivity index (χ2n) is 5.52. The molecule has 1 aromatic rings. The van der Waals surface area contributed by atoms with Crippen LogP contribution < -0.4 is 0 Å². The molecule has 1 saturated heterocycles. The van der Waals surface area contributed by atoms with Gasteiger partial charge in [0, 0.05) is 18.1 Å². The van der Waals surface area contributed by atoms with Gasteiger partial charge in [-0.1, -0.05) is 30.7 Å². The van der Waals surface area contributed by atoms with Gasteiger partial charge in [-0.3, -0.25) is 4.79 Å². The van der Waals surface area contributed by atoms with Crippen LogP contribution in [0.25, 0.3) is 0 Å². The first-order chi connectivity index (χ1) is 9.84. The minimum absolute atomic E-state index is 0.0260. The molecule has 1 aliphatic heterocycles. The average Bonchev–Trinajstić information content (AvgIpc) is 2.81. The third-order valence-corrected chi connectivity index (χ3v) is 6.08. The van der Waals surface area contributed by atoms with E-state index in [0.717, 1.165) is 5.56 Å². The average molecular weight is 330 g/mol. The van der Waals surface area contributed by atoms with Gasteiger partial charge in [0.25, 0.3) is 0 Å². The summed E-state index contributed by atoms with van der Waals surface area (Å²) in [5.41, 5.74) is 0.916. The molecule has 0 saturated carbocycles. The molecule has 21 heavy (non-hydrogen) atoms. The Balaban J connectivity index is 2.14. The van der Waals surface area contributed by atoms with E-state index in [0.29, 0.717) is 17.9 Å². The van der Waals surface area contributed by atoms with Crippen LogP contribution in [-0.4, -0.2) is 43.8 Å². The minimum atomic E-state index is -2.99. The van der Waals surface area contributed by atoms with Gasteiger partial charge in [-0.05, 0) is 30.5 Å². The molecule has 0 aromatic heterocycles. The fourth-order valence-corrected chi connectivity index (χ4v) is 4.65. The first kappa shape index (κ1) is 16.3. The highest BCUT2D eigenvalue weighted by atomic mass is 35.5. The van der Waals surface area contributed by atoms with Crippen molar-refractivity contribution in [2.24, 2.45) is 0 Å². The molecular formula is C15H20ClNO3S. The van der Waals surface area contributed by atoms with E-state index in [-0.39, 0.29) is 29.4 Å². The molecule has 1 heterocycles. The van der Waals surface area contributed by atoms with Gasteiger partial charge in [-0.2, -0.15) is 0 Å². The maximum Gasteiger partial charge on any atom is 0.230 e. The van der Waals surface area contributed by atoms with Gasteiger partial charge in [0.1, 0.15) is 0 Å². The Morgan fingerprint density at radius 1 is 1.38 bits per heavy atom. The second-order valence-corrected chi connectivity index (χ2v) is 8.18. The van der Waals surface area contributed by atoms with Crippen LogP contribution in [0.5, 0.6) is 0 Å². The number of carbonyl (C=O) groups excluding carboxylic acids is 1. The van der Waals surface area contributed by atoms with E-state index in [9.17, 15) is 13.2 Å². The molecule has 2 rings (SSSR count). The Kier molecular flexibility index (Phi) is 4.94. The van der Waals surface area contributed by atoms with Crippen LogP contribution in [0.15, 0.2) is 24.3 Å². The molecule has 0 spiro atoms. The number of halogens is 1. The maximum absolute atomic E-state index is 12.7. The fraction of sp³-hybridized carbons (Fsp3) is 0.533. The van der Waals surface area contributed by atoms with E-state index < -0.39 is 9.84 Å². The van der Waals surface area contributed by atoms with Gasteiger partial charge in [0.2, 0.25) is 5.91 Å². The van der Waals surface area contributed by atoms with Gasteiger partial charge in [-0.25, -0.2) is 8.42 Å². The second kappa shape index (κ2) is 6.36. The molecule has 0 bridgehead atoms. The van der Waals surface area contributed by atoms with Crippen LogP contribution >= 0.6 is 11.6 Å². The molecule has 1 amide bonds. The Labute approximate surface area is 131 Å². The van der Waals surface area contributed by atoms with Crippen LogP contribution in [-0.2, 0) is 14.6 Å². The van der Waals surface area contributed by atoms with Crippen LogP contribution in [0.1, 0.15) is 31.2 Å². The largest absolute Gasteiger partial charge is 0.341 e. The Hall–Kier alpha value is -1.07. The first-order valence-electron chi connectivity index (χ1n) is 7.06. The summed E-state index contributed by atoms with van der Waals surface area (Å²) in [6, 6.07) is 7.05. The quantitative estimate of drug-likeness (QED) is 0.852. The van der Waals surface area contributed by atoms with E-state index in [4.69, 9.17) is 11.6 Å². The normalized spacial score (nSPS) is 22.0. The van der Waals surface area contributed by atoms with E-state index in [1.807, 2.05) is 19.1 Å². The monoisotopic (exact) mass is 329 g/mol. The standard InChI is InChI=1S/C15H20ClNO3S/c1-3-14(11-4-6-12(16)7-5-11)15(18)17(2)13-8-9-21(19,20)10-13/h4-7,13-14H,3,8-10H2,1-2H3. The molecule has 4 nitrogen and oxygen atoms in total. The smallest absolute Gasteiger partial charge is 0.230 e. The molecule has 2 unspecified atom stereocenters. The van der Waals surface area contributed by atoms with Crippen molar-refractivity contribution >= 4 is 27.3 Å².